The number of para-hydroxylation sites is 1. The molecule has 7 heteroatoms. The molecule has 0 aliphatic carbocycles. The first kappa shape index (κ1) is 14.2. The molecule has 0 aliphatic rings. The smallest absolute Gasteiger partial charge is 0.235 e. The predicted molar refractivity (Wildman–Crippen MR) is 89.9 cm³/mol. The van der Waals surface area contributed by atoms with Gasteiger partial charge in [-0.3, -0.25) is 0 Å². The number of fused-ring (bicyclic) bond motifs is 1. The maximum Gasteiger partial charge on any atom is 0.235 e. The van der Waals surface area contributed by atoms with Crippen LogP contribution in [0.4, 0.5) is 0 Å². The summed E-state index contributed by atoms with van der Waals surface area (Å²) in [6, 6.07) is 17.1. The predicted octanol–water partition coefficient (Wildman–Crippen LogP) is 4.09. The van der Waals surface area contributed by atoms with Gasteiger partial charge in [0.15, 0.2) is 10.8 Å². The monoisotopic (exact) mass is 342 g/mol. The number of rotatable bonds is 4. The third-order valence-corrected chi connectivity index (χ3v) is 4.36. The van der Waals surface area contributed by atoms with E-state index >= 15 is 0 Å². The Morgan fingerprint density at radius 2 is 1.78 bits per heavy atom. The summed E-state index contributed by atoms with van der Waals surface area (Å²) in [7, 11) is 0. The average molecular weight is 343 g/mol. The van der Waals surface area contributed by atoms with E-state index in [2.05, 4.69) is 15.3 Å². The van der Waals surface area contributed by atoms with Gasteiger partial charge < -0.3 is 4.74 Å². The van der Waals surface area contributed by atoms with Gasteiger partial charge in [-0.25, -0.2) is 0 Å². The zero-order valence-electron chi connectivity index (χ0n) is 11.9. The Bertz CT molecular complexity index is 934. The molecule has 0 saturated heterocycles. The standard InChI is InChI=1S/C16H11ClN4OS/c17-12-8-6-11(7-9-12)15-18-19-16-21(15)20-14(23-16)10-22-13-4-2-1-3-5-13/h1-9H,10H2. The summed E-state index contributed by atoms with van der Waals surface area (Å²) < 4.78 is 7.45. The van der Waals surface area contributed by atoms with Gasteiger partial charge in [0.05, 0.1) is 0 Å². The van der Waals surface area contributed by atoms with E-state index in [1.54, 1.807) is 4.52 Å². The van der Waals surface area contributed by atoms with Crippen molar-refractivity contribution in [2.45, 2.75) is 6.61 Å². The molecule has 0 atom stereocenters. The largest absolute Gasteiger partial charge is 0.486 e. The lowest BCUT2D eigenvalue weighted by Gasteiger charge is -2.02. The first-order valence-corrected chi connectivity index (χ1v) is 8.14. The zero-order valence-corrected chi connectivity index (χ0v) is 13.5. The average Bonchev–Trinajstić information content (AvgIpc) is 3.15. The van der Waals surface area contributed by atoms with Crippen LogP contribution in [0.15, 0.2) is 54.6 Å². The second-order valence-corrected chi connectivity index (χ2v) is 6.30. The van der Waals surface area contributed by atoms with E-state index in [1.807, 2.05) is 54.6 Å². The quantitative estimate of drug-likeness (QED) is 0.560. The fraction of sp³-hybridized carbons (Fsp3) is 0.0625. The molecule has 0 fully saturated rings. The van der Waals surface area contributed by atoms with Gasteiger partial charge in [0.25, 0.3) is 0 Å². The Balaban J connectivity index is 1.60. The summed E-state index contributed by atoms with van der Waals surface area (Å²) in [4.78, 5) is 0.738. The van der Waals surface area contributed by atoms with E-state index in [9.17, 15) is 0 Å². The summed E-state index contributed by atoms with van der Waals surface area (Å²) in [5.41, 5.74) is 0.919. The van der Waals surface area contributed by atoms with E-state index in [1.165, 1.54) is 11.3 Å². The first-order chi connectivity index (χ1) is 11.3. The molecule has 0 aliphatic heterocycles. The van der Waals surface area contributed by atoms with E-state index in [4.69, 9.17) is 16.3 Å². The molecule has 0 radical (unpaired) electrons. The van der Waals surface area contributed by atoms with Crippen LogP contribution in [0.5, 0.6) is 5.75 Å². The van der Waals surface area contributed by atoms with Crippen molar-refractivity contribution >= 4 is 27.9 Å². The lowest BCUT2D eigenvalue weighted by atomic mass is 10.2. The van der Waals surface area contributed by atoms with Gasteiger partial charge >= 0.3 is 0 Å². The molecule has 0 spiro atoms. The van der Waals surface area contributed by atoms with Crippen molar-refractivity contribution in [3.63, 3.8) is 0 Å². The number of ether oxygens (including phenoxy) is 1. The fourth-order valence-corrected chi connectivity index (χ4v) is 3.03. The van der Waals surface area contributed by atoms with Gasteiger partial charge in [-0.2, -0.15) is 9.61 Å². The third-order valence-electron chi connectivity index (χ3n) is 3.24. The molecule has 2 aromatic heterocycles. The van der Waals surface area contributed by atoms with Crippen LogP contribution >= 0.6 is 22.9 Å². The Morgan fingerprint density at radius 1 is 1.00 bits per heavy atom. The van der Waals surface area contributed by atoms with E-state index in [0.29, 0.717) is 17.5 Å². The lowest BCUT2D eigenvalue weighted by Crippen LogP contribution is -1.97. The van der Waals surface area contributed by atoms with Gasteiger partial charge in [-0.1, -0.05) is 41.1 Å². The number of halogens is 1. The molecule has 4 aromatic rings. The highest BCUT2D eigenvalue weighted by molar-refractivity contribution is 7.16. The third kappa shape index (κ3) is 2.91. The summed E-state index contributed by atoms with van der Waals surface area (Å²) >= 11 is 7.38. The van der Waals surface area contributed by atoms with Gasteiger partial charge in [0.1, 0.15) is 12.4 Å². The van der Waals surface area contributed by atoms with E-state index in [-0.39, 0.29) is 0 Å². The number of hydrogen-bond donors (Lipinski definition) is 0. The van der Waals surface area contributed by atoms with Crippen LogP contribution < -0.4 is 4.74 Å². The maximum atomic E-state index is 5.92. The number of nitrogens with zero attached hydrogens (tertiary/aromatic N) is 4. The summed E-state index contributed by atoms with van der Waals surface area (Å²) in [5.74, 6) is 1.51. The van der Waals surface area contributed by atoms with Crippen LogP contribution in [-0.4, -0.2) is 19.8 Å². The summed E-state index contributed by atoms with van der Waals surface area (Å²) in [5, 5.41) is 14.4. The van der Waals surface area contributed by atoms with Gasteiger partial charge in [0, 0.05) is 10.6 Å². The molecule has 4 rings (SSSR count). The minimum Gasteiger partial charge on any atom is -0.486 e. The minimum absolute atomic E-state index is 0.401. The number of aromatic nitrogens is 4. The van der Waals surface area contributed by atoms with Crippen LogP contribution in [0.1, 0.15) is 5.01 Å². The van der Waals surface area contributed by atoms with Gasteiger partial charge in [-0.05, 0) is 36.4 Å². The molecule has 5 nitrogen and oxygen atoms in total. The summed E-state index contributed by atoms with van der Waals surface area (Å²) in [6.45, 7) is 0.401. The maximum absolute atomic E-state index is 5.92. The molecule has 2 heterocycles. The molecular formula is C16H11ClN4OS. The molecule has 0 bridgehead atoms. The van der Waals surface area contributed by atoms with E-state index in [0.717, 1.165) is 21.3 Å². The van der Waals surface area contributed by atoms with Crippen molar-refractivity contribution in [3.8, 4) is 17.1 Å². The van der Waals surface area contributed by atoms with Crippen LogP contribution in [0.2, 0.25) is 5.02 Å². The molecule has 0 saturated carbocycles. The Labute approximate surface area is 141 Å². The van der Waals surface area contributed by atoms with Crippen molar-refractivity contribution in [2.24, 2.45) is 0 Å². The van der Waals surface area contributed by atoms with E-state index < -0.39 is 0 Å². The van der Waals surface area contributed by atoms with Crippen molar-refractivity contribution < 1.29 is 4.74 Å². The Hall–Kier alpha value is -2.44. The van der Waals surface area contributed by atoms with Crippen LogP contribution in [0.25, 0.3) is 16.3 Å². The molecule has 0 amide bonds. The van der Waals surface area contributed by atoms with Gasteiger partial charge in [-0.15, -0.1) is 10.2 Å². The number of benzene rings is 2. The second-order valence-electron chi connectivity index (χ2n) is 4.82. The van der Waals surface area contributed by atoms with Gasteiger partial charge in [0.2, 0.25) is 4.96 Å². The molecule has 23 heavy (non-hydrogen) atoms. The lowest BCUT2D eigenvalue weighted by molar-refractivity contribution is 0.304. The van der Waals surface area contributed by atoms with Crippen molar-refractivity contribution in [3.05, 3.63) is 64.6 Å². The highest BCUT2D eigenvalue weighted by Crippen LogP contribution is 2.23. The first-order valence-electron chi connectivity index (χ1n) is 6.94. The topological polar surface area (TPSA) is 52.3 Å². The van der Waals surface area contributed by atoms with Crippen molar-refractivity contribution in [2.75, 3.05) is 0 Å². The Morgan fingerprint density at radius 3 is 2.57 bits per heavy atom. The van der Waals surface area contributed by atoms with Crippen LogP contribution in [0.3, 0.4) is 0 Å². The van der Waals surface area contributed by atoms with Crippen LogP contribution in [-0.2, 0) is 6.61 Å². The highest BCUT2D eigenvalue weighted by Gasteiger charge is 2.13. The number of hydrogen-bond acceptors (Lipinski definition) is 5. The zero-order chi connectivity index (χ0) is 15.6. The summed E-state index contributed by atoms with van der Waals surface area (Å²) in [6.07, 6.45) is 0. The Kier molecular flexibility index (Phi) is 3.69. The highest BCUT2D eigenvalue weighted by atomic mass is 35.5. The minimum atomic E-state index is 0.401. The molecule has 0 N–H and O–H groups in total. The fourth-order valence-electron chi connectivity index (χ4n) is 2.16. The SMILES string of the molecule is Clc1ccc(-c2nnc3sc(COc4ccccc4)nn23)cc1. The van der Waals surface area contributed by atoms with Crippen LogP contribution in [0, 0.1) is 0 Å². The van der Waals surface area contributed by atoms with Crippen molar-refractivity contribution in [1.29, 1.82) is 0 Å². The molecule has 2 aromatic carbocycles. The normalized spacial score (nSPS) is 11.0. The molecular weight excluding hydrogens is 332 g/mol. The molecule has 0 unspecified atom stereocenters. The second kappa shape index (κ2) is 5.98. The van der Waals surface area contributed by atoms with Crippen molar-refractivity contribution in [1.82, 2.24) is 19.8 Å². The molecule has 114 valence electrons.